The highest BCUT2D eigenvalue weighted by atomic mass is 16.4. The van der Waals surface area contributed by atoms with Crippen molar-refractivity contribution >= 4 is 11.9 Å². The molecule has 2 aliphatic rings. The first kappa shape index (κ1) is 14.1. The van der Waals surface area contributed by atoms with Crippen LogP contribution >= 0.6 is 0 Å². The van der Waals surface area contributed by atoms with Gasteiger partial charge in [0.25, 0.3) is 5.91 Å². The quantitative estimate of drug-likeness (QED) is 0.908. The summed E-state index contributed by atoms with van der Waals surface area (Å²) in [5, 5.41) is 9.15. The van der Waals surface area contributed by atoms with Crippen LogP contribution in [0, 0.1) is 11.8 Å². The van der Waals surface area contributed by atoms with E-state index in [0.717, 1.165) is 18.4 Å². The largest absolute Gasteiger partial charge is 0.481 e. The van der Waals surface area contributed by atoms with Crippen LogP contribution < -0.4 is 0 Å². The molecule has 21 heavy (non-hydrogen) atoms. The Morgan fingerprint density at radius 3 is 2.71 bits per heavy atom. The van der Waals surface area contributed by atoms with E-state index in [2.05, 4.69) is 6.07 Å². The van der Waals surface area contributed by atoms with Gasteiger partial charge in [-0.05, 0) is 54.9 Å². The molecule has 1 aromatic carbocycles. The number of amides is 1. The molecule has 1 N–H and O–H groups in total. The zero-order valence-corrected chi connectivity index (χ0v) is 12.3. The van der Waals surface area contributed by atoms with Gasteiger partial charge >= 0.3 is 5.97 Å². The Labute approximate surface area is 124 Å². The van der Waals surface area contributed by atoms with E-state index in [9.17, 15) is 9.59 Å². The highest BCUT2D eigenvalue weighted by molar-refractivity contribution is 5.94. The van der Waals surface area contributed by atoms with Gasteiger partial charge in [-0.1, -0.05) is 13.0 Å². The first-order valence-electron chi connectivity index (χ1n) is 7.70. The van der Waals surface area contributed by atoms with Crippen LogP contribution in [0.3, 0.4) is 0 Å². The molecule has 0 radical (unpaired) electrons. The summed E-state index contributed by atoms with van der Waals surface area (Å²) in [6, 6.07) is 6.02. The SMILES string of the molecule is CC1CN(C(=O)c2ccc3c(c2)CCC3)CCC1C(=O)O. The third-order valence-electron chi connectivity index (χ3n) is 4.86. The number of carboxylic acids is 1. The molecule has 1 saturated heterocycles. The Morgan fingerprint density at radius 1 is 1.24 bits per heavy atom. The van der Waals surface area contributed by atoms with Crippen molar-refractivity contribution in [3.8, 4) is 0 Å². The Balaban J connectivity index is 1.73. The summed E-state index contributed by atoms with van der Waals surface area (Å²) in [7, 11) is 0. The van der Waals surface area contributed by atoms with Crippen molar-refractivity contribution in [1.82, 2.24) is 4.90 Å². The van der Waals surface area contributed by atoms with Crippen molar-refractivity contribution in [2.75, 3.05) is 13.1 Å². The number of carbonyl (C=O) groups is 2. The van der Waals surface area contributed by atoms with Gasteiger partial charge in [0.05, 0.1) is 5.92 Å². The van der Waals surface area contributed by atoms with Gasteiger partial charge in [-0.2, -0.15) is 0 Å². The van der Waals surface area contributed by atoms with Gasteiger partial charge in [0.2, 0.25) is 0 Å². The molecule has 1 amide bonds. The summed E-state index contributed by atoms with van der Waals surface area (Å²) in [6.07, 6.45) is 3.90. The standard InChI is InChI=1S/C17H21NO3/c1-11-10-18(8-7-15(11)17(20)21)16(19)14-6-5-12-3-2-4-13(12)9-14/h5-6,9,11,15H,2-4,7-8,10H2,1H3,(H,20,21). The van der Waals surface area contributed by atoms with Crippen LogP contribution in [-0.2, 0) is 17.6 Å². The third kappa shape index (κ3) is 2.67. The fourth-order valence-corrected chi connectivity index (χ4v) is 3.58. The zero-order valence-electron chi connectivity index (χ0n) is 12.3. The maximum atomic E-state index is 12.6. The molecule has 4 nitrogen and oxygen atoms in total. The van der Waals surface area contributed by atoms with Crippen LogP contribution in [0.2, 0.25) is 0 Å². The minimum Gasteiger partial charge on any atom is -0.481 e. The summed E-state index contributed by atoms with van der Waals surface area (Å²) in [5.41, 5.74) is 3.41. The smallest absolute Gasteiger partial charge is 0.306 e. The maximum absolute atomic E-state index is 12.6. The van der Waals surface area contributed by atoms with Gasteiger partial charge in [0.1, 0.15) is 0 Å². The number of rotatable bonds is 2. The lowest BCUT2D eigenvalue weighted by Gasteiger charge is -2.35. The lowest BCUT2D eigenvalue weighted by molar-refractivity contribution is -0.145. The van der Waals surface area contributed by atoms with Crippen molar-refractivity contribution in [3.05, 3.63) is 34.9 Å². The number of fused-ring (bicyclic) bond motifs is 1. The van der Waals surface area contributed by atoms with E-state index in [0.29, 0.717) is 19.5 Å². The van der Waals surface area contributed by atoms with E-state index in [1.54, 1.807) is 4.90 Å². The number of piperidine rings is 1. The summed E-state index contributed by atoms with van der Waals surface area (Å²) >= 11 is 0. The topological polar surface area (TPSA) is 57.6 Å². The molecule has 2 atom stereocenters. The predicted molar refractivity (Wildman–Crippen MR) is 79.3 cm³/mol. The fraction of sp³-hybridized carbons (Fsp3) is 0.529. The van der Waals surface area contributed by atoms with Gasteiger partial charge < -0.3 is 10.0 Å². The molecule has 0 saturated carbocycles. The number of carboxylic acid groups (broad SMARTS) is 1. The molecule has 1 heterocycles. The summed E-state index contributed by atoms with van der Waals surface area (Å²) in [4.78, 5) is 25.5. The van der Waals surface area contributed by atoms with Crippen molar-refractivity contribution < 1.29 is 14.7 Å². The van der Waals surface area contributed by atoms with E-state index in [1.807, 2.05) is 19.1 Å². The van der Waals surface area contributed by atoms with Gasteiger partial charge in [-0.3, -0.25) is 9.59 Å². The Bertz CT molecular complexity index is 581. The van der Waals surface area contributed by atoms with Crippen LogP contribution in [0.1, 0.15) is 41.3 Å². The molecular weight excluding hydrogens is 266 g/mol. The van der Waals surface area contributed by atoms with Gasteiger partial charge in [0.15, 0.2) is 0 Å². The fourth-order valence-electron chi connectivity index (χ4n) is 3.58. The normalized spacial score (nSPS) is 24.7. The number of benzene rings is 1. The Kier molecular flexibility index (Phi) is 3.70. The number of carbonyl (C=O) groups excluding carboxylic acids is 1. The Morgan fingerprint density at radius 2 is 2.00 bits per heavy atom. The predicted octanol–water partition coefficient (Wildman–Crippen LogP) is 2.36. The minimum atomic E-state index is -0.743. The molecule has 2 unspecified atom stereocenters. The highest BCUT2D eigenvalue weighted by Crippen LogP contribution is 2.27. The van der Waals surface area contributed by atoms with E-state index >= 15 is 0 Å². The van der Waals surface area contributed by atoms with Crippen LogP contribution in [0.4, 0.5) is 0 Å². The number of nitrogens with zero attached hydrogens (tertiary/aromatic N) is 1. The molecule has 1 aliphatic heterocycles. The van der Waals surface area contributed by atoms with Crippen LogP contribution in [0.25, 0.3) is 0 Å². The van der Waals surface area contributed by atoms with Crippen LogP contribution in [-0.4, -0.2) is 35.0 Å². The molecule has 3 rings (SSSR count). The van der Waals surface area contributed by atoms with E-state index < -0.39 is 5.97 Å². The van der Waals surface area contributed by atoms with Gasteiger partial charge in [0, 0.05) is 18.7 Å². The molecule has 1 fully saturated rings. The van der Waals surface area contributed by atoms with Gasteiger partial charge in [-0.25, -0.2) is 0 Å². The average Bonchev–Trinajstić information content (AvgIpc) is 2.93. The molecule has 0 aromatic heterocycles. The van der Waals surface area contributed by atoms with E-state index in [1.165, 1.54) is 17.5 Å². The van der Waals surface area contributed by atoms with E-state index in [4.69, 9.17) is 5.11 Å². The number of hydrogen-bond donors (Lipinski definition) is 1. The van der Waals surface area contributed by atoms with Crippen molar-refractivity contribution in [2.45, 2.75) is 32.6 Å². The first-order chi connectivity index (χ1) is 10.1. The molecule has 112 valence electrons. The van der Waals surface area contributed by atoms with Crippen molar-refractivity contribution in [1.29, 1.82) is 0 Å². The van der Waals surface area contributed by atoms with E-state index in [-0.39, 0.29) is 17.7 Å². The van der Waals surface area contributed by atoms with Crippen LogP contribution in [0.5, 0.6) is 0 Å². The maximum Gasteiger partial charge on any atom is 0.306 e. The number of aliphatic carboxylic acids is 1. The van der Waals surface area contributed by atoms with Gasteiger partial charge in [-0.15, -0.1) is 0 Å². The molecular formula is C17H21NO3. The molecule has 0 bridgehead atoms. The summed E-state index contributed by atoms with van der Waals surface area (Å²) < 4.78 is 0. The second kappa shape index (κ2) is 5.51. The minimum absolute atomic E-state index is 0.00891. The number of hydrogen-bond acceptors (Lipinski definition) is 2. The average molecular weight is 287 g/mol. The van der Waals surface area contributed by atoms with Crippen molar-refractivity contribution in [3.63, 3.8) is 0 Å². The molecule has 4 heteroatoms. The number of likely N-dealkylation sites (tertiary alicyclic amines) is 1. The lowest BCUT2D eigenvalue weighted by atomic mass is 9.86. The van der Waals surface area contributed by atoms with Crippen molar-refractivity contribution in [2.24, 2.45) is 11.8 Å². The number of aryl methyl sites for hydroxylation is 2. The highest BCUT2D eigenvalue weighted by Gasteiger charge is 2.33. The Hall–Kier alpha value is -1.84. The summed E-state index contributed by atoms with van der Waals surface area (Å²) in [6.45, 7) is 2.99. The zero-order chi connectivity index (χ0) is 15.0. The molecule has 0 spiro atoms. The summed E-state index contributed by atoms with van der Waals surface area (Å²) in [5.74, 6) is -1.02. The second-order valence-electron chi connectivity index (χ2n) is 6.30. The molecule has 1 aromatic rings. The second-order valence-corrected chi connectivity index (χ2v) is 6.30. The third-order valence-corrected chi connectivity index (χ3v) is 4.86. The monoisotopic (exact) mass is 287 g/mol. The molecule has 1 aliphatic carbocycles. The van der Waals surface area contributed by atoms with Crippen LogP contribution in [0.15, 0.2) is 18.2 Å². The lowest BCUT2D eigenvalue weighted by Crippen LogP contribution is -2.45. The first-order valence-corrected chi connectivity index (χ1v) is 7.70.